The first-order chi connectivity index (χ1) is 10.8. The van der Waals surface area contributed by atoms with Gasteiger partial charge in [-0.3, -0.25) is 0 Å². The third kappa shape index (κ3) is 4.34. The van der Waals surface area contributed by atoms with E-state index in [4.69, 9.17) is 0 Å². The lowest BCUT2D eigenvalue weighted by Crippen LogP contribution is -2.04. The van der Waals surface area contributed by atoms with E-state index in [0.717, 1.165) is 19.3 Å². The molecule has 0 radical (unpaired) electrons. The fourth-order valence-electron chi connectivity index (χ4n) is 3.20. The highest BCUT2D eigenvalue weighted by Gasteiger charge is 2.10. The zero-order valence-electron chi connectivity index (χ0n) is 13.9. The molecule has 116 valence electrons. The third-order valence-corrected chi connectivity index (χ3v) is 4.39. The summed E-state index contributed by atoms with van der Waals surface area (Å²) in [4.78, 5) is 0. The largest absolute Gasteiger partial charge is 0.103 e. The van der Waals surface area contributed by atoms with Crippen molar-refractivity contribution < 1.29 is 0 Å². The lowest BCUT2D eigenvalue weighted by atomic mass is 9.88. The second-order valence-corrected chi connectivity index (χ2v) is 6.20. The van der Waals surface area contributed by atoms with Gasteiger partial charge >= 0.3 is 0 Å². The molecule has 0 bridgehead atoms. The Kier molecular flexibility index (Phi) is 6.45. The maximum atomic E-state index is 3.94. The van der Waals surface area contributed by atoms with Crippen LogP contribution in [0.2, 0.25) is 0 Å². The Morgan fingerprint density at radius 2 is 1.95 bits per heavy atom. The van der Waals surface area contributed by atoms with Crippen molar-refractivity contribution in [2.75, 3.05) is 0 Å². The smallest absolute Gasteiger partial charge is 0.00999 e. The lowest BCUT2D eigenvalue weighted by molar-refractivity contribution is 0.469. The first-order valence-electron chi connectivity index (χ1n) is 8.50. The summed E-state index contributed by atoms with van der Waals surface area (Å²) < 4.78 is 0. The average Bonchev–Trinajstić information content (AvgIpc) is 2.53. The van der Waals surface area contributed by atoms with Gasteiger partial charge in [0.05, 0.1) is 0 Å². The lowest BCUT2D eigenvalue weighted by Gasteiger charge is -2.16. The minimum Gasteiger partial charge on any atom is -0.103 e. The zero-order chi connectivity index (χ0) is 15.8. The van der Waals surface area contributed by atoms with Crippen molar-refractivity contribution in [3.8, 4) is 0 Å². The Labute approximate surface area is 135 Å². The van der Waals surface area contributed by atoms with Crippen LogP contribution >= 0.6 is 0 Å². The number of unbranched alkanes of at least 4 members (excludes halogenated alkanes) is 1. The van der Waals surface area contributed by atoms with Gasteiger partial charge in [-0.25, -0.2) is 0 Å². The van der Waals surface area contributed by atoms with Crippen LogP contribution in [0, 0.1) is 5.92 Å². The van der Waals surface area contributed by atoms with E-state index in [1.54, 1.807) is 0 Å². The molecule has 0 aromatic heterocycles. The molecule has 2 aromatic rings. The molecule has 0 spiro atoms. The van der Waals surface area contributed by atoms with Gasteiger partial charge in [-0.15, -0.1) is 13.2 Å². The molecular formula is C22H28. The number of allylic oxidation sites excluding steroid dienone is 2. The van der Waals surface area contributed by atoms with Crippen LogP contribution in [-0.2, 0) is 12.8 Å². The molecule has 22 heavy (non-hydrogen) atoms. The molecule has 0 aliphatic rings. The van der Waals surface area contributed by atoms with Crippen LogP contribution in [0.4, 0.5) is 0 Å². The van der Waals surface area contributed by atoms with E-state index >= 15 is 0 Å². The van der Waals surface area contributed by atoms with Crippen LogP contribution in [0.15, 0.2) is 61.7 Å². The molecule has 0 nitrogen and oxygen atoms in total. The zero-order valence-corrected chi connectivity index (χ0v) is 13.9. The van der Waals surface area contributed by atoms with Crippen LogP contribution in [0.5, 0.6) is 0 Å². The maximum Gasteiger partial charge on any atom is -0.00999 e. The van der Waals surface area contributed by atoms with Gasteiger partial charge in [0.15, 0.2) is 0 Å². The molecular weight excluding hydrogens is 264 g/mol. The average molecular weight is 292 g/mol. The number of hydrogen-bond acceptors (Lipinski definition) is 0. The Morgan fingerprint density at radius 1 is 1.09 bits per heavy atom. The summed E-state index contributed by atoms with van der Waals surface area (Å²) in [7, 11) is 0. The standard InChI is InChI=1S/C22H28/c1-4-7-11-18(9-5-2)16-21-13-8-12-20-15-14-19(10-6-3)17-22(20)21/h5-6,8,12-15,17-18H,2-4,7,9-11,16H2,1H3. The molecule has 1 atom stereocenters. The summed E-state index contributed by atoms with van der Waals surface area (Å²) in [5.41, 5.74) is 2.83. The van der Waals surface area contributed by atoms with Gasteiger partial charge in [0, 0.05) is 0 Å². The van der Waals surface area contributed by atoms with Crippen LogP contribution in [-0.4, -0.2) is 0 Å². The summed E-state index contributed by atoms with van der Waals surface area (Å²) in [6.45, 7) is 10.1. The minimum atomic E-state index is 0.714. The van der Waals surface area contributed by atoms with E-state index in [9.17, 15) is 0 Å². The molecule has 0 saturated heterocycles. The first kappa shape index (κ1) is 16.5. The second-order valence-electron chi connectivity index (χ2n) is 6.20. The molecule has 0 N–H and O–H groups in total. The molecule has 0 amide bonds. The van der Waals surface area contributed by atoms with Crippen molar-refractivity contribution in [3.63, 3.8) is 0 Å². The van der Waals surface area contributed by atoms with E-state index in [0.29, 0.717) is 5.92 Å². The van der Waals surface area contributed by atoms with Gasteiger partial charge in [-0.2, -0.15) is 0 Å². The fourth-order valence-corrected chi connectivity index (χ4v) is 3.20. The number of benzene rings is 2. The highest BCUT2D eigenvalue weighted by atomic mass is 14.2. The highest BCUT2D eigenvalue weighted by molar-refractivity contribution is 5.86. The van der Waals surface area contributed by atoms with Crippen molar-refractivity contribution in [1.29, 1.82) is 0 Å². The Bertz CT molecular complexity index is 621. The molecule has 1 unspecified atom stereocenters. The fraction of sp³-hybridized carbons (Fsp3) is 0.364. The van der Waals surface area contributed by atoms with Gasteiger partial charge in [0.1, 0.15) is 0 Å². The van der Waals surface area contributed by atoms with E-state index in [1.165, 1.54) is 41.2 Å². The third-order valence-electron chi connectivity index (χ3n) is 4.39. The molecule has 2 aromatic carbocycles. The van der Waals surface area contributed by atoms with Crippen molar-refractivity contribution in [2.24, 2.45) is 5.92 Å². The van der Waals surface area contributed by atoms with E-state index in [-0.39, 0.29) is 0 Å². The summed E-state index contributed by atoms with van der Waals surface area (Å²) in [5.74, 6) is 0.714. The van der Waals surface area contributed by atoms with E-state index in [2.05, 4.69) is 62.6 Å². The SMILES string of the molecule is C=CCc1ccc2cccc(CC(CC=C)CCCC)c2c1. The second kappa shape index (κ2) is 8.58. The molecule has 0 heteroatoms. The van der Waals surface area contributed by atoms with Crippen LogP contribution in [0.1, 0.15) is 43.7 Å². The summed E-state index contributed by atoms with van der Waals surface area (Å²) >= 11 is 0. The summed E-state index contributed by atoms with van der Waals surface area (Å²) in [6, 6.07) is 13.5. The van der Waals surface area contributed by atoms with E-state index in [1.807, 2.05) is 6.08 Å². The van der Waals surface area contributed by atoms with Crippen molar-refractivity contribution in [1.82, 2.24) is 0 Å². The van der Waals surface area contributed by atoms with Gasteiger partial charge in [-0.1, -0.05) is 68.3 Å². The highest BCUT2D eigenvalue weighted by Crippen LogP contribution is 2.26. The predicted molar refractivity (Wildman–Crippen MR) is 99.4 cm³/mol. The first-order valence-corrected chi connectivity index (χ1v) is 8.50. The quantitative estimate of drug-likeness (QED) is 0.463. The Morgan fingerprint density at radius 3 is 2.68 bits per heavy atom. The van der Waals surface area contributed by atoms with Crippen molar-refractivity contribution in [3.05, 3.63) is 72.8 Å². The molecule has 0 heterocycles. The molecule has 0 aliphatic carbocycles. The van der Waals surface area contributed by atoms with Gasteiger partial charge in [-0.05, 0) is 53.5 Å². The summed E-state index contributed by atoms with van der Waals surface area (Å²) in [5, 5.41) is 2.76. The molecule has 0 fully saturated rings. The Balaban J connectivity index is 2.29. The van der Waals surface area contributed by atoms with E-state index < -0.39 is 0 Å². The maximum absolute atomic E-state index is 3.94. The summed E-state index contributed by atoms with van der Waals surface area (Å²) in [6.07, 6.45) is 11.1. The van der Waals surface area contributed by atoms with Crippen LogP contribution in [0.3, 0.4) is 0 Å². The molecule has 2 rings (SSSR count). The van der Waals surface area contributed by atoms with Crippen LogP contribution in [0.25, 0.3) is 10.8 Å². The monoisotopic (exact) mass is 292 g/mol. The number of rotatable bonds is 9. The van der Waals surface area contributed by atoms with Gasteiger partial charge in [0.2, 0.25) is 0 Å². The normalized spacial score (nSPS) is 12.2. The minimum absolute atomic E-state index is 0.714. The van der Waals surface area contributed by atoms with Gasteiger partial charge < -0.3 is 0 Å². The number of hydrogen-bond donors (Lipinski definition) is 0. The predicted octanol–water partition coefficient (Wildman–Crippen LogP) is 6.49. The van der Waals surface area contributed by atoms with Crippen LogP contribution < -0.4 is 0 Å². The number of fused-ring (bicyclic) bond motifs is 1. The Hall–Kier alpha value is -1.82. The van der Waals surface area contributed by atoms with Crippen molar-refractivity contribution >= 4 is 10.8 Å². The van der Waals surface area contributed by atoms with Gasteiger partial charge in [0.25, 0.3) is 0 Å². The van der Waals surface area contributed by atoms with Crippen molar-refractivity contribution in [2.45, 2.75) is 45.4 Å². The topological polar surface area (TPSA) is 0 Å². The molecule has 0 aliphatic heterocycles. The molecule has 0 saturated carbocycles.